The molecule has 0 aliphatic heterocycles. The van der Waals surface area contributed by atoms with Crippen LogP contribution in [-0.4, -0.2) is 31.2 Å². The smallest absolute Gasteiger partial charge is 0.00194 e. The fourth-order valence-corrected chi connectivity index (χ4v) is 1.04. The van der Waals surface area contributed by atoms with Gasteiger partial charge in [0.15, 0.2) is 0 Å². The predicted molar refractivity (Wildman–Crippen MR) is 73.6 cm³/mol. The molecule has 0 aromatic carbocycles. The van der Waals surface area contributed by atoms with Crippen LogP contribution in [0.5, 0.6) is 0 Å². The molecule has 3 heteroatoms. The molecule has 2 nitrogen and oxygen atoms in total. The molecule has 0 amide bonds. The molecule has 0 rings (SSSR count). The summed E-state index contributed by atoms with van der Waals surface area (Å²) in [7, 11) is 1.88. The second kappa shape index (κ2) is 25.0. The summed E-state index contributed by atoms with van der Waals surface area (Å²) in [6, 6.07) is 0.630. The summed E-state index contributed by atoms with van der Waals surface area (Å²) in [6.45, 7) is 16.7. The molecule has 0 aromatic rings. The van der Waals surface area contributed by atoms with Gasteiger partial charge in [-0.15, -0.1) is 0 Å². The number of rotatable bonds is 6. The van der Waals surface area contributed by atoms with Gasteiger partial charge in [0.05, 0.1) is 0 Å². The molecular formula is C13H33N2Y-. The maximum absolute atomic E-state index is 4.14. The molecule has 0 spiro atoms. The average molecular weight is 306 g/mol. The van der Waals surface area contributed by atoms with Crippen molar-refractivity contribution in [1.29, 1.82) is 0 Å². The Balaban J connectivity index is -0.000000129. The molecule has 16 heavy (non-hydrogen) atoms. The van der Waals surface area contributed by atoms with Crippen molar-refractivity contribution in [2.75, 3.05) is 20.3 Å². The van der Waals surface area contributed by atoms with Crippen LogP contribution < -0.4 is 0 Å². The summed E-state index contributed by atoms with van der Waals surface area (Å²) in [4.78, 5) is 2.39. The van der Waals surface area contributed by atoms with Gasteiger partial charge in [-0.25, -0.2) is 0 Å². The molecule has 0 unspecified atom stereocenters. The van der Waals surface area contributed by atoms with Crippen LogP contribution in [0.1, 0.15) is 61.3 Å². The molecule has 0 heterocycles. The summed E-state index contributed by atoms with van der Waals surface area (Å²) in [6.07, 6.45) is 2.56. The first-order chi connectivity index (χ1) is 7.22. The second-order valence-electron chi connectivity index (χ2n) is 3.22. The van der Waals surface area contributed by atoms with E-state index in [0.29, 0.717) is 6.04 Å². The largest absolute Gasteiger partial charge is 0.653 e. The molecule has 0 saturated heterocycles. The number of unbranched alkanes of at least 4 members (excludes halogenated alkanes) is 1. The van der Waals surface area contributed by atoms with Gasteiger partial charge >= 0.3 is 0 Å². The van der Waals surface area contributed by atoms with Gasteiger partial charge in [-0.2, -0.15) is 7.05 Å². The van der Waals surface area contributed by atoms with E-state index in [2.05, 4.69) is 31.0 Å². The third kappa shape index (κ3) is 20.4. The molecule has 1 radical (unpaired) electrons. The van der Waals surface area contributed by atoms with Crippen LogP contribution in [0, 0.1) is 0 Å². The molecule has 0 saturated carbocycles. The second-order valence-corrected chi connectivity index (χ2v) is 3.22. The number of hydrogen-bond acceptors (Lipinski definition) is 1. The fraction of sp³-hybridized carbons (Fsp3) is 1.00. The van der Waals surface area contributed by atoms with Gasteiger partial charge in [-0.3, -0.25) is 0 Å². The van der Waals surface area contributed by atoms with Crippen LogP contribution in [0.4, 0.5) is 0 Å². The van der Waals surface area contributed by atoms with Crippen LogP contribution in [-0.2, 0) is 32.7 Å². The van der Waals surface area contributed by atoms with E-state index < -0.39 is 0 Å². The van der Waals surface area contributed by atoms with E-state index in [1.54, 1.807) is 0 Å². The van der Waals surface area contributed by atoms with Crippen molar-refractivity contribution in [3.05, 3.63) is 5.32 Å². The summed E-state index contributed by atoms with van der Waals surface area (Å²) in [5.74, 6) is 0. The third-order valence-electron chi connectivity index (χ3n) is 1.85. The van der Waals surface area contributed by atoms with E-state index in [1.807, 2.05) is 34.7 Å². The van der Waals surface area contributed by atoms with Crippen molar-refractivity contribution < 1.29 is 32.7 Å². The zero-order chi connectivity index (χ0) is 12.7. The van der Waals surface area contributed by atoms with E-state index in [-0.39, 0.29) is 32.7 Å². The van der Waals surface area contributed by atoms with Crippen LogP contribution in [0.25, 0.3) is 5.32 Å². The van der Waals surface area contributed by atoms with E-state index in [1.165, 1.54) is 19.4 Å². The summed E-state index contributed by atoms with van der Waals surface area (Å²) in [5, 5.41) is 4.14. The Morgan fingerprint density at radius 2 is 1.50 bits per heavy atom. The van der Waals surface area contributed by atoms with Crippen LogP contribution in [0.15, 0.2) is 0 Å². The first-order valence-electron chi connectivity index (χ1n) is 6.52. The molecule has 0 atom stereocenters. The van der Waals surface area contributed by atoms with Crippen molar-refractivity contribution >= 4 is 0 Å². The topological polar surface area (TPSA) is 17.3 Å². The van der Waals surface area contributed by atoms with Crippen molar-refractivity contribution in [3.63, 3.8) is 0 Å². The van der Waals surface area contributed by atoms with Crippen molar-refractivity contribution in [2.24, 2.45) is 0 Å². The molecule has 0 aliphatic rings. The summed E-state index contributed by atoms with van der Waals surface area (Å²) >= 11 is 0. The Morgan fingerprint density at radius 3 is 1.75 bits per heavy atom. The average Bonchev–Trinajstić information content (AvgIpc) is 2.29. The molecular weight excluding hydrogens is 273 g/mol. The van der Waals surface area contributed by atoms with E-state index in [4.69, 9.17) is 0 Å². The Kier molecular flexibility index (Phi) is 40.3. The Morgan fingerprint density at radius 1 is 1.06 bits per heavy atom. The molecule has 0 N–H and O–H groups in total. The zero-order valence-corrected chi connectivity index (χ0v) is 15.7. The minimum Gasteiger partial charge on any atom is -0.653 e. The zero-order valence-electron chi connectivity index (χ0n) is 12.9. The van der Waals surface area contributed by atoms with Crippen LogP contribution >= 0.6 is 0 Å². The summed E-state index contributed by atoms with van der Waals surface area (Å²) < 4.78 is 0. The van der Waals surface area contributed by atoms with Crippen LogP contribution in [0.3, 0.4) is 0 Å². The van der Waals surface area contributed by atoms with E-state index >= 15 is 0 Å². The molecule has 0 aromatic heterocycles. The standard InChI is InChI=1S/C9H21N2.2C2H6.Y/c1-5-6-7-11(8-10-4)9(2)3;2*1-2;/h9H,5-8H2,1-4H3;2*1-2H3;/q-1;;;. The SMILES string of the molecule is CC.CC.CCCCN(C[N-]C)C(C)C.[Y]. The molecule has 0 fully saturated rings. The Bertz CT molecular complexity index is 88.0. The minimum absolute atomic E-state index is 0. The summed E-state index contributed by atoms with van der Waals surface area (Å²) in [5.41, 5.74) is 0. The van der Waals surface area contributed by atoms with E-state index in [9.17, 15) is 0 Å². The Hall–Kier alpha value is 1.02. The van der Waals surface area contributed by atoms with Crippen molar-refractivity contribution in [3.8, 4) is 0 Å². The molecule has 0 bridgehead atoms. The monoisotopic (exact) mass is 306 g/mol. The van der Waals surface area contributed by atoms with Crippen LogP contribution in [0.2, 0.25) is 0 Å². The molecule has 0 aliphatic carbocycles. The first kappa shape index (κ1) is 25.8. The maximum Gasteiger partial charge on any atom is 0.00194 e. The predicted octanol–water partition coefficient (Wildman–Crippen LogP) is 4.51. The quantitative estimate of drug-likeness (QED) is 0.706. The van der Waals surface area contributed by atoms with Gasteiger partial charge in [0.25, 0.3) is 0 Å². The normalized spacial score (nSPS) is 8.62. The maximum atomic E-state index is 4.14. The van der Waals surface area contributed by atoms with Gasteiger partial charge in [0, 0.05) is 38.8 Å². The fourth-order valence-electron chi connectivity index (χ4n) is 1.04. The van der Waals surface area contributed by atoms with Crippen molar-refractivity contribution in [2.45, 2.75) is 67.3 Å². The van der Waals surface area contributed by atoms with E-state index in [0.717, 1.165) is 6.67 Å². The van der Waals surface area contributed by atoms with Crippen molar-refractivity contribution in [1.82, 2.24) is 4.90 Å². The van der Waals surface area contributed by atoms with Gasteiger partial charge in [0.2, 0.25) is 0 Å². The van der Waals surface area contributed by atoms with Gasteiger partial charge < -0.3 is 10.2 Å². The molecule has 99 valence electrons. The number of nitrogens with zero attached hydrogens (tertiary/aromatic N) is 2. The van der Waals surface area contributed by atoms with Gasteiger partial charge in [-0.1, -0.05) is 47.7 Å². The third-order valence-corrected chi connectivity index (χ3v) is 1.85. The van der Waals surface area contributed by atoms with Gasteiger partial charge in [-0.05, 0) is 26.8 Å². The van der Waals surface area contributed by atoms with Gasteiger partial charge in [0.1, 0.15) is 0 Å². The number of hydrogen-bond donors (Lipinski definition) is 0. The first-order valence-corrected chi connectivity index (χ1v) is 6.52. The Labute approximate surface area is 130 Å². The minimum atomic E-state index is 0.